The summed E-state index contributed by atoms with van der Waals surface area (Å²) < 4.78 is 38.4. The molecule has 0 fully saturated rings. The van der Waals surface area contributed by atoms with Crippen molar-refractivity contribution >= 4 is 36.5 Å². The van der Waals surface area contributed by atoms with Gasteiger partial charge in [-0.1, -0.05) is 13.0 Å². The van der Waals surface area contributed by atoms with Crippen molar-refractivity contribution in [2.75, 3.05) is 6.54 Å². The number of fused-ring (bicyclic) bond motifs is 1. The highest BCUT2D eigenvalue weighted by molar-refractivity contribution is 8.14. The first-order valence-electron chi connectivity index (χ1n) is 6.33. The summed E-state index contributed by atoms with van der Waals surface area (Å²) in [6, 6.07) is 4.13. The third-order valence-electron chi connectivity index (χ3n) is 2.97. The molecule has 1 aromatic heterocycles. The fourth-order valence-electron chi connectivity index (χ4n) is 2.06. The van der Waals surface area contributed by atoms with Crippen LogP contribution in [0, 0.1) is 5.82 Å². The molecule has 2 aromatic rings. The van der Waals surface area contributed by atoms with Crippen LogP contribution in [0.2, 0.25) is 0 Å². The average molecular weight is 333 g/mol. The SMILES string of the molecule is CCCNC(=O)Cn1cc(S(=O)(=O)Cl)c2c(F)cccc21. The minimum atomic E-state index is -4.10. The predicted molar refractivity (Wildman–Crippen MR) is 78.2 cm³/mol. The lowest BCUT2D eigenvalue weighted by Crippen LogP contribution is -2.27. The molecule has 5 nitrogen and oxygen atoms in total. The van der Waals surface area contributed by atoms with Gasteiger partial charge in [-0.15, -0.1) is 0 Å². The maximum absolute atomic E-state index is 13.9. The lowest BCUT2D eigenvalue weighted by molar-refractivity contribution is -0.121. The van der Waals surface area contributed by atoms with Gasteiger partial charge in [-0.25, -0.2) is 12.8 Å². The first-order valence-corrected chi connectivity index (χ1v) is 8.64. The van der Waals surface area contributed by atoms with Crippen molar-refractivity contribution in [3.63, 3.8) is 0 Å². The molecule has 8 heteroatoms. The van der Waals surface area contributed by atoms with Gasteiger partial charge in [-0.2, -0.15) is 0 Å². The second-order valence-electron chi connectivity index (χ2n) is 4.54. The van der Waals surface area contributed by atoms with E-state index < -0.39 is 14.9 Å². The van der Waals surface area contributed by atoms with E-state index in [2.05, 4.69) is 5.32 Å². The van der Waals surface area contributed by atoms with Gasteiger partial charge in [0.25, 0.3) is 9.05 Å². The van der Waals surface area contributed by atoms with E-state index in [-0.39, 0.29) is 22.7 Å². The van der Waals surface area contributed by atoms with Gasteiger partial charge in [-0.05, 0) is 18.6 Å². The smallest absolute Gasteiger partial charge is 0.263 e. The summed E-state index contributed by atoms with van der Waals surface area (Å²) in [6.45, 7) is 2.33. The standard InChI is InChI=1S/C13H14ClFN2O3S/c1-2-6-16-12(18)8-17-7-11(21(14,19)20)13-9(15)4-3-5-10(13)17/h3-5,7H,2,6,8H2,1H3,(H,16,18). The molecule has 0 unspecified atom stereocenters. The van der Waals surface area contributed by atoms with E-state index in [0.29, 0.717) is 12.1 Å². The topological polar surface area (TPSA) is 68.2 Å². The van der Waals surface area contributed by atoms with Crippen LogP contribution in [0.4, 0.5) is 4.39 Å². The second-order valence-corrected chi connectivity index (χ2v) is 7.08. The molecular formula is C13H14ClFN2O3S. The van der Waals surface area contributed by atoms with E-state index in [9.17, 15) is 17.6 Å². The van der Waals surface area contributed by atoms with Gasteiger partial charge in [0.2, 0.25) is 5.91 Å². The molecule has 0 aliphatic carbocycles. The molecule has 1 amide bonds. The molecule has 0 atom stereocenters. The summed E-state index contributed by atoms with van der Waals surface area (Å²) in [5, 5.41) is 2.57. The molecule has 0 saturated carbocycles. The first-order chi connectivity index (χ1) is 9.84. The highest BCUT2D eigenvalue weighted by Crippen LogP contribution is 2.30. The van der Waals surface area contributed by atoms with Crippen LogP contribution in [0.5, 0.6) is 0 Å². The molecule has 114 valence electrons. The molecular weight excluding hydrogens is 319 g/mol. The summed E-state index contributed by atoms with van der Waals surface area (Å²) in [6.07, 6.45) is 1.97. The fourth-order valence-corrected chi connectivity index (χ4v) is 3.11. The third kappa shape index (κ3) is 3.36. The van der Waals surface area contributed by atoms with Crippen molar-refractivity contribution in [2.45, 2.75) is 24.8 Å². The lowest BCUT2D eigenvalue weighted by Gasteiger charge is -2.06. The number of rotatable bonds is 5. The number of halogens is 2. The predicted octanol–water partition coefficient (Wildman–Crippen LogP) is 2.23. The Morgan fingerprint density at radius 3 is 2.76 bits per heavy atom. The molecule has 1 heterocycles. The van der Waals surface area contributed by atoms with E-state index >= 15 is 0 Å². The van der Waals surface area contributed by atoms with E-state index in [1.54, 1.807) is 0 Å². The van der Waals surface area contributed by atoms with Crippen molar-refractivity contribution in [3.05, 3.63) is 30.2 Å². The summed E-state index contributed by atoms with van der Waals surface area (Å²) in [5.41, 5.74) is 0.306. The van der Waals surface area contributed by atoms with Gasteiger partial charge in [0, 0.05) is 23.4 Å². The molecule has 2 rings (SSSR count). The molecule has 0 bridgehead atoms. The Hall–Kier alpha value is -1.60. The van der Waals surface area contributed by atoms with Gasteiger partial charge in [0.15, 0.2) is 0 Å². The van der Waals surface area contributed by atoms with Gasteiger partial charge >= 0.3 is 0 Å². The van der Waals surface area contributed by atoms with Crippen molar-refractivity contribution in [1.82, 2.24) is 9.88 Å². The third-order valence-corrected chi connectivity index (χ3v) is 4.30. The number of benzene rings is 1. The van der Waals surface area contributed by atoms with Gasteiger partial charge in [0.1, 0.15) is 17.3 Å². The first kappa shape index (κ1) is 15.8. The Kier molecular flexibility index (Phi) is 4.53. The van der Waals surface area contributed by atoms with E-state index in [1.165, 1.54) is 22.9 Å². The quantitative estimate of drug-likeness (QED) is 0.854. The zero-order chi connectivity index (χ0) is 15.6. The maximum Gasteiger partial charge on any atom is 0.263 e. The van der Waals surface area contributed by atoms with Crippen LogP contribution in [0.15, 0.2) is 29.3 Å². The van der Waals surface area contributed by atoms with Crippen LogP contribution in [0.25, 0.3) is 10.9 Å². The van der Waals surface area contributed by atoms with E-state index in [4.69, 9.17) is 10.7 Å². The Labute approximate surface area is 126 Å². The molecule has 21 heavy (non-hydrogen) atoms. The fraction of sp³-hybridized carbons (Fsp3) is 0.308. The number of hydrogen-bond donors (Lipinski definition) is 1. The molecule has 1 aromatic carbocycles. The number of nitrogens with one attached hydrogen (secondary N) is 1. The Bertz CT molecular complexity index is 786. The highest BCUT2D eigenvalue weighted by atomic mass is 35.7. The summed E-state index contributed by atoms with van der Waals surface area (Å²) in [7, 11) is 1.23. The Morgan fingerprint density at radius 2 is 2.14 bits per heavy atom. The summed E-state index contributed by atoms with van der Waals surface area (Å²) in [5.74, 6) is -0.976. The van der Waals surface area contributed by atoms with Crippen LogP contribution in [0.1, 0.15) is 13.3 Å². The largest absolute Gasteiger partial charge is 0.355 e. The monoisotopic (exact) mass is 332 g/mol. The van der Waals surface area contributed by atoms with Crippen LogP contribution >= 0.6 is 10.7 Å². The maximum atomic E-state index is 13.9. The van der Waals surface area contributed by atoms with Crippen molar-refractivity contribution in [1.29, 1.82) is 0 Å². The molecule has 0 aliphatic rings. The zero-order valence-corrected chi connectivity index (χ0v) is 12.8. The number of carbonyl (C=O) groups excluding carboxylic acids is 1. The van der Waals surface area contributed by atoms with Gasteiger partial charge in [0.05, 0.1) is 10.9 Å². The van der Waals surface area contributed by atoms with Crippen LogP contribution in [-0.4, -0.2) is 25.4 Å². The van der Waals surface area contributed by atoms with E-state index in [0.717, 1.165) is 12.5 Å². The average Bonchev–Trinajstić information content (AvgIpc) is 2.77. The summed E-state index contributed by atoms with van der Waals surface area (Å²) >= 11 is 0. The summed E-state index contributed by atoms with van der Waals surface area (Å²) in [4.78, 5) is 11.4. The molecule has 0 aliphatic heterocycles. The van der Waals surface area contributed by atoms with Crippen LogP contribution in [0.3, 0.4) is 0 Å². The minimum Gasteiger partial charge on any atom is -0.355 e. The number of amides is 1. The van der Waals surface area contributed by atoms with Crippen molar-refractivity contribution in [2.24, 2.45) is 0 Å². The molecule has 0 saturated heterocycles. The Morgan fingerprint density at radius 1 is 1.43 bits per heavy atom. The molecule has 0 spiro atoms. The van der Waals surface area contributed by atoms with Crippen LogP contribution < -0.4 is 5.32 Å². The molecule has 1 N–H and O–H groups in total. The number of carbonyl (C=O) groups is 1. The van der Waals surface area contributed by atoms with Gasteiger partial charge in [-0.3, -0.25) is 4.79 Å². The highest BCUT2D eigenvalue weighted by Gasteiger charge is 2.22. The lowest BCUT2D eigenvalue weighted by atomic mass is 10.2. The van der Waals surface area contributed by atoms with Gasteiger partial charge < -0.3 is 9.88 Å². The normalized spacial score (nSPS) is 11.8. The van der Waals surface area contributed by atoms with E-state index in [1.807, 2.05) is 6.92 Å². The number of aromatic nitrogens is 1. The van der Waals surface area contributed by atoms with Crippen molar-refractivity contribution < 1.29 is 17.6 Å². The number of hydrogen-bond acceptors (Lipinski definition) is 3. The number of nitrogens with zero attached hydrogens (tertiary/aromatic N) is 1. The minimum absolute atomic E-state index is 0.101. The molecule has 0 radical (unpaired) electrons. The zero-order valence-electron chi connectivity index (χ0n) is 11.3. The van der Waals surface area contributed by atoms with Crippen LogP contribution in [-0.2, 0) is 20.4 Å². The van der Waals surface area contributed by atoms with Crippen molar-refractivity contribution in [3.8, 4) is 0 Å². The Balaban J connectivity index is 2.51. The second kappa shape index (κ2) is 6.03.